The molecule has 0 aromatic carbocycles. The van der Waals surface area contributed by atoms with Gasteiger partial charge < -0.3 is 10.1 Å². The van der Waals surface area contributed by atoms with Crippen molar-refractivity contribution in [3.05, 3.63) is 0 Å². The smallest absolute Gasteiger partial charge is 0.315 e. The van der Waals surface area contributed by atoms with E-state index < -0.39 is 0 Å². The van der Waals surface area contributed by atoms with Crippen LogP contribution >= 0.6 is 24.2 Å². The molecule has 0 radical (unpaired) electrons. The molecule has 1 aliphatic rings. The standard InChI is InChI=1S/C10H19NO2S.ClH/c1-13-10(12)8-14-7-4-9-2-5-11-6-3-9;/h9,11H,2-8H2,1H3;1H. The molecule has 1 saturated heterocycles. The lowest BCUT2D eigenvalue weighted by Gasteiger charge is -2.22. The molecule has 1 aliphatic heterocycles. The highest BCUT2D eigenvalue weighted by Crippen LogP contribution is 2.18. The molecule has 1 N–H and O–H groups in total. The lowest BCUT2D eigenvalue weighted by Crippen LogP contribution is -2.28. The second-order valence-electron chi connectivity index (χ2n) is 3.61. The molecular formula is C10H20ClNO2S. The van der Waals surface area contributed by atoms with E-state index in [9.17, 15) is 4.79 Å². The molecule has 0 spiro atoms. The molecule has 3 nitrogen and oxygen atoms in total. The number of nitrogens with one attached hydrogen (secondary N) is 1. The average molecular weight is 254 g/mol. The molecule has 1 heterocycles. The van der Waals surface area contributed by atoms with Crippen molar-refractivity contribution in [1.82, 2.24) is 5.32 Å². The summed E-state index contributed by atoms with van der Waals surface area (Å²) in [5.41, 5.74) is 0. The minimum atomic E-state index is -0.111. The van der Waals surface area contributed by atoms with Crippen LogP contribution in [0.4, 0.5) is 0 Å². The highest BCUT2D eigenvalue weighted by Gasteiger charge is 2.12. The Morgan fingerprint density at radius 1 is 1.47 bits per heavy atom. The first-order valence-electron chi connectivity index (χ1n) is 5.18. The molecule has 0 unspecified atom stereocenters. The SMILES string of the molecule is COC(=O)CSCCC1CCNCC1.Cl. The molecule has 5 heteroatoms. The van der Waals surface area contributed by atoms with Gasteiger partial charge in [0, 0.05) is 0 Å². The van der Waals surface area contributed by atoms with E-state index >= 15 is 0 Å². The van der Waals surface area contributed by atoms with Crippen molar-refractivity contribution in [2.45, 2.75) is 19.3 Å². The Hall–Kier alpha value is 0.0700. The third-order valence-corrected chi connectivity index (χ3v) is 3.54. The summed E-state index contributed by atoms with van der Waals surface area (Å²) in [6, 6.07) is 0. The number of carbonyl (C=O) groups is 1. The third kappa shape index (κ3) is 7.03. The molecule has 1 rings (SSSR count). The first-order valence-corrected chi connectivity index (χ1v) is 6.33. The Balaban J connectivity index is 0.00000196. The minimum Gasteiger partial charge on any atom is -0.468 e. The highest BCUT2D eigenvalue weighted by atomic mass is 35.5. The van der Waals surface area contributed by atoms with Crippen LogP contribution in [0.15, 0.2) is 0 Å². The van der Waals surface area contributed by atoms with Crippen LogP contribution < -0.4 is 5.32 Å². The van der Waals surface area contributed by atoms with Gasteiger partial charge in [-0.3, -0.25) is 4.79 Å². The quantitative estimate of drug-likeness (QED) is 0.598. The van der Waals surface area contributed by atoms with Gasteiger partial charge in [-0.15, -0.1) is 12.4 Å². The number of hydrogen-bond acceptors (Lipinski definition) is 4. The normalized spacial score (nSPS) is 16.9. The van der Waals surface area contributed by atoms with Crippen molar-refractivity contribution in [2.24, 2.45) is 5.92 Å². The van der Waals surface area contributed by atoms with Gasteiger partial charge >= 0.3 is 5.97 Å². The van der Waals surface area contributed by atoms with Gasteiger partial charge in [0.05, 0.1) is 12.9 Å². The molecule has 0 saturated carbocycles. The van der Waals surface area contributed by atoms with Crippen molar-refractivity contribution in [1.29, 1.82) is 0 Å². The topological polar surface area (TPSA) is 38.3 Å². The van der Waals surface area contributed by atoms with Crippen LogP contribution in [0.25, 0.3) is 0 Å². The number of piperidine rings is 1. The molecule has 0 aromatic heterocycles. The van der Waals surface area contributed by atoms with E-state index in [4.69, 9.17) is 0 Å². The van der Waals surface area contributed by atoms with Gasteiger partial charge in [-0.05, 0) is 44.0 Å². The number of rotatable bonds is 5. The fourth-order valence-corrected chi connectivity index (χ4v) is 2.56. The van der Waals surface area contributed by atoms with Crippen molar-refractivity contribution >= 4 is 30.1 Å². The van der Waals surface area contributed by atoms with Crippen LogP contribution in [0.2, 0.25) is 0 Å². The second-order valence-corrected chi connectivity index (χ2v) is 4.72. The Morgan fingerprint density at radius 2 is 2.13 bits per heavy atom. The zero-order valence-corrected chi connectivity index (χ0v) is 10.8. The van der Waals surface area contributed by atoms with Gasteiger partial charge in [0.15, 0.2) is 0 Å². The molecule has 0 aliphatic carbocycles. The largest absolute Gasteiger partial charge is 0.468 e. The van der Waals surface area contributed by atoms with E-state index in [-0.39, 0.29) is 18.4 Å². The Bertz CT molecular complexity index is 175. The number of methoxy groups -OCH3 is 1. The maximum atomic E-state index is 10.8. The predicted molar refractivity (Wildman–Crippen MR) is 66.8 cm³/mol. The summed E-state index contributed by atoms with van der Waals surface area (Å²) in [7, 11) is 1.44. The number of halogens is 1. The van der Waals surface area contributed by atoms with Gasteiger partial charge in [-0.2, -0.15) is 11.8 Å². The van der Waals surface area contributed by atoms with Crippen LogP contribution in [0.1, 0.15) is 19.3 Å². The first kappa shape index (κ1) is 15.1. The molecule has 0 atom stereocenters. The summed E-state index contributed by atoms with van der Waals surface area (Å²) in [6.07, 6.45) is 3.82. The van der Waals surface area contributed by atoms with Crippen LogP contribution in [0.5, 0.6) is 0 Å². The zero-order valence-electron chi connectivity index (χ0n) is 9.16. The van der Waals surface area contributed by atoms with Crippen LogP contribution in [-0.2, 0) is 9.53 Å². The number of esters is 1. The van der Waals surface area contributed by atoms with Crippen molar-refractivity contribution in [2.75, 3.05) is 31.7 Å². The molecule has 0 aromatic rings. The first-order chi connectivity index (χ1) is 6.83. The summed E-state index contributed by atoms with van der Waals surface area (Å²) in [5, 5.41) is 3.35. The van der Waals surface area contributed by atoms with Crippen molar-refractivity contribution in [3.63, 3.8) is 0 Å². The van der Waals surface area contributed by atoms with Crippen molar-refractivity contribution in [3.8, 4) is 0 Å². The number of hydrogen-bond donors (Lipinski definition) is 1. The summed E-state index contributed by atoms with van der Waals surface area (Å²) in [6.45, 7) is 2.32. The summed E-state index contributed by atoms with van der Waals surface area (Å²) < 4.78 is 4.57. The summed E-state index contributed by atoms with van der Waals surface area (Å²) in [5.74, 6) is 2.34. The molecule has 1 fully saturated rings. The molecule has 90 valence electrons. The number of carbonyl (C=O) groups excluding carboxylic acids is 1. The van der Waals surface area contributed by atoms with Gasteiger partial charge in [0.25, 0.3) is 0 Å². The maximum absolute atomic E-state index is 10.8. The van der Waals surface area contributed by atoms with E-state index in [2.05, 4.69) is 10.1 Å². The summed E-state index contributed by atoms with van der Waals surface area (Å²) in [4.78, 5) is 10.8. The van der Waals surface area contributed by atoms with Crippen LogP contribution in [0.3, 0.4) is 0 Å². The highest BCUT2D eigenvalue weighted by molar-refractivity contribution is 7.99. The Labute approximate surface area is 102 Å². The van der Waals surface area contributed by atoms with Crippen LogP contribution in [-0.4, -0.2) is 37.7 Å². The van der Waals surface area contributed by atoms with Gasteiger partial charge in [0.2, 0.25) is 0 Å². The predicted octanol–water partition coefficient (Wildman–Crippen LogP) is 1.70. The van der Waals surface area contributed by atoms with Gasteiger partial charge in [-0.1, -0.05) is 0 Å². The molecule has 0 amide bonds. The zero-order chi connectivity index (χ0) is 10.2. The van der Waals surface area contributed by atoms with Gasteiger partial charge in [0.1, 0.15) is 0 Å². The third-order valence-electron chi connectivity index (χ3n) is 2.58. The number of ether oxygens (including phenoxy) is 1. The second kappa shape index (κ2) is 9.31. The maximum Gasteiger partial charge on any atom is 0.315 e. The minimum absolute atomic E-state index is 0. The molecule has 0 bridgehead atoms. The van der Waals surface area contributed by atoms with E-state index in [1.54, 1.807) is 11.8 Å². The van der Waals surface area contributed by atoms with E-state index in [1.165, 1.54) is 26.4 Å². The Morgan fingerprint density at radius 3 is 2.73 bits per heavy atom. The lowest BCUT2D eigenvalue weighted by molar-refractivity contribution is -0.137. The van der Waals surface area contributed by atoms with Crippen LogP contribution in [0, 0.1) is 5.92 Å². The van der Waals surface area contributed by atoms with Gasteiger partial charge in [-0.25, -0.2) is 0 Å². The fraction of sp³-hybridized carbons (Fsp3) is 0.900. The van der Waals surface area contributed by atoms with E-state index in [0.29, 0.717) is 5.75 Å². The van der Waals surface area contributed by atoms with E-state index in [1.807, 2.05) is 0 Å². The number of thioether (sulfide) groups is 1. The molecule has 15 heavy (non-hydrogen) atoms. The van der Waals surface area contributed by atoms with E-state index in [0.717, 1.165) is 24.8 Å². The molecular weight excluding hydrogens is 234 g/mol. The van der Waals surface area contributed by atoms with Crippen molar-refractivity contribution < 1.29 is 9.53 Å². The lowest BCUT2D eigenvalue weighted by atomic mass is 9.96. The monoisotopic (exact) mass is 253 g/mol. The fourth-order valence-electron chi connectivity index (χ4n) is 1.63. The average Bonchev–Trinajstić information content (AvgIpc) is 2.25. The Kier molecular flexibility index (Phi) is 9.35. The summed E-state index contributed by atoms with van der Waals surface area (Å²) >= 11 is 1.68.